The van der Waals surface area contributed by atoms with Gasteiger partial charge in [0.05, 0.1) is 10.6 Å². The van der Waals surface area contributed by atoms with E-state index in [1.165, 1.54) is 11.8 Å². The summed E-state index contributed by atoms with van der Waals surface area (Å²) in [6.45, 7) is 0. The van der Waals surface area contributed by atoms with Crippen LogP contribution >= 0.6 is 11.8 Å². The Kier molecular flexibility index (Phi) is 4.80. The molecule has 1 amide bonds. The number of phenols is 1. The Morgan fingerprint density at radius 1 is 1.04 bits per heavy atom. The largest absolute Gasteiger partial charge is 0.508 e. The third-order valence-corrected chi connectivity index (χ3v) is 5.68. The SMILES string of the molecule is O=C1/C(=C\c2ccc(O)cc2)SC(=Nc2ccccc2)N1C1CCCC1. The summed E-state index contributed by atoms with van der Waals surface area (Å²) < 4.78 is 0. The van der Waals surface area contributed by atoms with Gasteiger partial charge in [0.2, 0.25) is 0 Å². The molecule has 0 bridgehead atoms. The molecule has 2 aromatic carbocycles. The molecule has 1 saturated carbocycles. The first-order valence-electron chi connectivity index (χ1n) is 8.86. The molecule has 4 nitrogen and oxygen atoms in total. The van der Waals surface area contributed by atoms with Crippen LogP contribution in [-0.2, 0) is 4.79 Å². The van der Waals surface area contributed by atoms with Crippen molar-refractivity contribution >= 4 is 34.6 Å². The molecule has 5 heteroatoms. The lowest BCUT2D eigenvalue weighted by Gasteiger charge is -2.22. The van der Waals surface area contributed by atoms with Crippen molar-refractivity contribution in [2.75, 3.05) is 0 Å². The summed E-state index contributed by atoms with van der Waals surface area (Å²) in [6.07, 6.45) is 6.27. The number of thioether (sulfide) groups is 1. The molecule has 2 aromatic rings. The molecule has 0 radical (unpaired) electrons. The van der Waals surface area contributed by atoms with E-state index < -0.39 is 0 Å². The normalized spacial score (nSPS) is 21.2. The average Bonchev–Trinajstić information content (AvgIpc) is 3.27. The number of nitrogens with zero attached hydrogens (tertiary/aromatic N) is 2. The number of aliphatic imine (C=N–C) groups is 1. The van der Waals surface area contributed by atoms with E-state index in [0.29, 0.717) is 4.91 Å². The maximum absolute atomic E-state index is 13.1. The van der Waals surface area contributed by atoms with Crippen LogP contribution in [0.2, 0.25) is 0 Å². The van der Waals surface area contributed by atoms with E-state index in [1.807, 2.05) is 53.4 Å². The monoisotopic (exact) mass is 364 g/mol. The number of hydrogen-bond donors (Lipinski definition) is 1. The number of amides is 1. The zero-order valence-corrected chi connectivity index (χ0v) is 15.2. The summed E-state index contributed by atoms with van der Waals surface area (Å²) in [5, 5.41) is 10.2. The number of rotatable bonds is 3. The third-order valence-electron chi connectivity index (χ3n) is 4.70. The molecule has 0 unspecified atom stereocenters. The molecule has 2 fully saturated rings. The minimum atomic E-state index is 0.0321. The highest BCUT2D eigenvalue weighted by Crippen LogP contribution is 2.38. The van der Waals surface area contributed by atoms with Gasteiger partial charge in [-0.1, -0.05) is 43.2 Å². The first-order chi connectivity index (χ1) is 12.7. The van der Waals surface area contributed by atoms with E-state index in [4.69, 9.17) is 4.99 Å². The Bertz CT molecular complexity index is 853. The summed E-state index contributed by atoms with van der Waals surface area (Å²) in [7, 11) is 0. The van der Waals surface area contributed by atoms with Gasteiger partial charge in [0.25, 0.3) is 5.91 Å². The standard InChI is InChI=1S/C21H20N2O2S/c24-18-12-10-15(11-13-18)14-19-20(25)23(17-8-4-5-9-17)21(26-19)22-16-6-2-1-3-7-16/h1-3,6-7,10-14,17,24H,4-5,8-9H2/b19-14+,22-21?. The zero-order valence-electron chi connectivity index (χ0n) is 14.3. The molecule has 1 aliphatic carbocycles. The van der Waals surface area contributed by atoms with Crippen LogP contribution in [0.3, 0.4) is 0 Å². The Balaban J connectivity index is 1.69. The Labute approximate surface area is 157 Å². The van der Waals surface area contributed by atoms with Crippen LogP contribution in [0.25, 0.3) is 6.08 Å². The average molecular weight is 364 g/mol. The molecule has 1 heterocycles. The highest BCUT2D eigenvalue weighted by atomic mass is 32.2. The molecule has 0 spiro atoms. The number of carbonyl (C=O) groups excluding carboxylic acids is 1. The van der Waals surface area contributed by atoms with Crippen LogP contribution in [0.4, 0.5) is 5.69 Å². The molecular formula is C21H20N2O2S. The van der Waals surface area contributed by atoms with Gasteiger partial charge in [-0.15, -0.1) is 0 Å². The number of aromatic hydroxyl groups is 1. The van der Waals surface area contributed by atoms with Crippen molar-refractivity contribution in [3.63, 3.8) is 0 Å². The smallest absolute Gasteiger partial charge is 0.267 e. The quantitative estimate of drug-likeness (QED) is 0.785. The Hall–Kier alpha value is -2.53. The summed E-state index contributed by atoms with van der Waals surface area (Å²) in [5.41, 5.74) is 1.75. The van der Waals surface area contributed by atoms with Gasteiger partial charge in [-0.2, -0.15) is 0 Å². The number of carbonyl (C=O) groups is 1. The fraction of sp³-hybridized carbons (Fsp3) is 0.238. The van der Waals surface area contributed by atoms with Gasteiger partial charge >= 0.3 is 0 Å². The molecule has 2 aliphatic rings. The van der Waals surface area contributed by atoms with Gasteiger partial charge in [0.1, 0.15) is 5.75 Å². The van der Waals surface area contributed by atoms with Gasteiger partial charge in [-0.05, 0) is 60.5 Å². The fourth-order valence-corrected chi connectivity index (χ4v) is 4.44. The number of hydrogen-bond acceptors (Lipinski definition) is 4. The minimum Gasteiger partial charge on any atom is -0.508 e. The topological polar surface area (TPSA) is 52.9 Å². The predicted molar refractivity (Wildman–Crippen MR) is 106 cm³/mol. The van der Waals surface area contributed by atoms with Crippen molar-refractivity contribution in [2.45, 2.75) is 31.7 Å². The lowest BCUT2D eigenvalue weighted by molar-refractivity contribution is -0.123. The first kappa shape index (κ1) is 16.9. The van der Waals surface area contributed by atoms with Crippen LogP contribution in [-0.4, -0.2) is 27.1 Å². The third kappa shape index (κ3) is 3.53. The van der Waals surface area contributed by atoms with Gasteiger partial charge in [-0.25, -0.2) is 4.99 Å². The molecular weight excluding hydrogens is 344 g/mol. The van der Waals surface area contributed by atoms with Crippen molar-refractivity contribution < 1.29 is 9.90 Å². The molecule has 26 heavy (non-hydrogen) atoms. The van der Waals surface area contributed by atoms with Gasteiger partial charge in [-0.3, -0.25) is 9.69 Å². The van der Waals surface area contributed by atoms with E-state index >= 15 is 0 Å². The number of amidine groups is 1. The number of phenolic OH excluding ortho intramolecular Hbond substituents is 1. The second-order valence-corrected chi connectivity index (χ2v) is 7.55. The molecule has 1 aliphatic heterocycles. The van der Waals surface area contributed by atoms with Gasteiger partial charge in [0.15, 0.2) is 5.17 Å². The van der Waals surface area contributed by atoms with Crippen LogP contribution in [0.15, 0.2) is 64.5 Å². The van der Waals surface area contributed by atoms with Crippen molar-refractivity contribution in [1.29, 1.82) is 0 Å². The molecule has 0 aromatic heterocycles. The second-order valence-electron chi connectivity index (χ2n) is 6.55. The summed E-state index contributed by atoms with van der Waals surface area (Å²) in [6, 6.07) is 16.9. The van der Waals surface area contributed by atoms with E-state index in [9.17, 15) is 9.90 Å². The Morgan fingerprint density at radius 2 is 1.73 bits per heavy atom. The van der Waals surface area contributed by atoms with Crippen molar-refractivity contribution in [3.8, 4) is 5.75 Å². The maximum Gasteiger partial charge on any atom is 0.267 e. The molecule has 4 rings (SSSR count). The lowest BCUT2D eigenvalue weighted by Crippen LogP contribution is -2.37. The highest BCUT2D eigenvalue weighted by molar-refractivity contribution is 8.18. The second kappa shape index (κ2) is 7.38. The Morgan fingerprint density at radius 3 is 2.42 bits per heavy atom. The lowest BCUT2D eigenvalue weighted by atomic mass is 10.2. The van der Waals surface area contributed by atoms with Crippen LogP contribution < -0.4 is 0 Å². The van der Waals surface area contributed by atoms with Crippen molar-refractivity contribution in [3.05, 3.63) is 65.1 Å². The number of benzene rings is 2. The first-order valence-corrected chi connectivity index (χ1v) is 9.68. The molecule has 132 valence electrons. The van der Waals surface area contributed by atoms with E-state index in [1.54, 1.807) is 12.1 Å². The summed E-state index contributed by atoms with van der Waals surface area (Å²) in [5.74, 6) is 0.251. The maximum atomic E-state index is 13.1. The zero-order chi connectivity index (χ0) is 17.9. The molecule has 0 atom stereocenters. The van der Waals surface area contributed by atoms with E-state index in [0.717, 1.165) is 42.1 Å². The van der Waals surface area contributed by atoms with Crippen molar-refractivity contribution in [2.24, 2.45) is 4.99 Å². The van der Waals surface area contributed by atoms with Gasteiger partial charge < -0.3 is 5.11 Å². The minimum absolute atomic E-state index is 0.0321. The van der Waals surface area contributed by atoms with Crippen molar-refractivity contribution in [1.82, 2.24) is 4.90 Å². The van der Waals surface area contributed by atoms with Crippen LogP contribution in [0.5, 0.6) is 5.75 Å². The van der Waals surface area contributed by atoms with Gasteiger partial charge in [0, 0.05) is 6.04 Å². The number of para-hydroxylation sites is 1. The molecule has 1 N–H and O–H groups in total. The van der Waals surface area contributed by atoms with E-state index in [-0.39, 0.29) is 17.7 Å². The van der Waals surface area contributed by atoms with E-state index in [2.05, 4.69) is 0 Å². The van der Waals surface area contributed by atoms with Crippen LogP contribution in [0, 0.1) is 0 Å². The fourth-order valence-electron chi connectivity index (χ4n) is 3.38. The predicted octanol–water partition coefficient (Wildman–Crippen LogP) is 4.94. The summed E-state index contributed by atoms with van der Waals surface area (Å²) in [4.78, 5) is 20.4. The molecule has 1 saturated heterocycles. The summed E-state index contributed by atoms with van der Waals surface area (Å²) >= 11 is 1.43. The van der Waals surface area contributed by atoms with Crippen LogP contribution in [0.1, 0.15) is 31.2 Å². The highest BCUT2D eigenvalue weighted by Gasteiger charge is 2.39.